The lowest BCUT2D eigenvalue weighted by atomic mass is 10.7. The van der Waals surface area contributed by atoms with Crippen molar-refractivity contribution in [2.24, 2.45) is 0 Å². The van der Waals surface area contributed by atoms with Gasteiger partial charge in [0, 0.05) is 21.0 Å². The van der Waals surface area contributed by atoms with E-state index in [1.165, 1.54) is 11.9 Å². The second-order valence-corrected chi connectivity index (χ2v) is 1.66. The highest BCUT2D eigenvalue weighted by atomic mass is 16.6. The Kier molecular flexibility index (Phi) is 2.44. The molecule has 0 aromatic carbocycles. The van der Waals surface area contributed by atoms with Gasteiger partial charge in [-0.1, -0.05) is 0 Å². The van der Waals surface area contributed by atoms with E-state index in [9.17, 15) is 4.79 Å². The Hall–Kier alpha value is -0.610. The number of nitrogens with zero attached hydrogens (tertiary/aromatic N) is 2. The van der Waals surface area contributed by atoms with Crippen molar-refractivity contribution in [2.45, 2.75) is 6.92 Å². The van der Waals surface area contributed by atoms with E-state index in [-0.39, 0.29) is 0 Å². The molecular weight excluding hydrogens is 108 g/mol. The van der Waals surface area contributed by atoms with E-state index in [0.29, 0.717) is 5.17 Å². The highest BCUT2D eigenvalue weighted by Crippen LogP contribution is 1.83. The highest BCUT2D eigenvalue weighted by Gasteiger charge is 2.04. The number of hydroxylamine groups is 1. The molecule has 0 unspecified atom stereocenters. The third kappa shape index (κ3) is 1.90. The molecule has 48 valence electrons. The predicted octanol–water partition coefficient (Wildman–Crippen LogP) is -0.299. The number of hydrogen-bond acceptors (Lipinski definition) is 3. The quantitative estimate of drug-likeness (QED) is 0.380. The van der Waals surface area contributed by atoms with Crippen molar-refractivity contribution in [1.29, 1.82) is 0 Å². The minimum absolute atomic E-state index is 0.394. The zero-order valence-electron chi connectivity index (χ0n) is 5.25. The zero-order chi connectivity index (χ0) is 6.73. The summed E-state index contributed by atoms with van der Waals surface area (Å²) in [6.45, 7) is 1.28. The Morgan fingerprint density at radius 1 is 1.50 bits per heavy atom. The molecule has 0 saturated heterocycles. The summed E-state index contributed by atoms with van der Waals surface area (Å²) in [6.07, 6.45) is 0. The van der Waals surface area contributed by atoms with Gasteiger partial charge in [0.1, 0.15) is 0 Å². The van der Waals surface area contributed by atoms with Crippen LogP contribution in [0.4, 0.5) is 0 Å². The third-order valence-electron chi connectivity index (χ3n) is 0.661. The SMILES string of the molecule is CC(=O)N(O)N(C)C. The maximum absolute atomic E-state index is 10.2. The number of amides is 1. The molecule has 0 aliphatic carbocycles. The van der Waals surface area contributed by atoms with Crippen LogP contribution in [0.15, 0.2) is 0 Å². The fraction of sp³-hybridized carbons (Fsp3) is 0.750. The first-order valence-electron chi connectivity index (χ1n) is 2.22. The van der Waals surface area contributed by atoms with Crippen LogP contribution in [0.25, 0.3) is 0 Å². The molecule has 0 aromatic rings. The molecule has 8 heavy (non-hydrogen) atoms. The summed E-state index contributed by atoms with van der Waals surface area (Å²) in [6, 6.07) is 0. The van der Waals surface area contributed by atoms with Crippen LogP contribution in [0.1, 0.15) is 6.92 Å². The molecule has 0 radical (unpaired) electrons. The van der Waals surface area contributed by atoms with E-state index in [2.05, 4.69) is 0 Å². The fourth-order valence-electron chi connectivity index (χ4n) is 0.282. The first-order valence-corrected chi connectivity index (χ1v) is 2.22. The third-order valence-corrected chi connectivity index (χ3v) is 0.661. The van der Waals surface area contributed by atoms with Crippen LogP contribution in [0.3, 0.4) is 0 Å². The molecule has 0 atom stereocenters. The summed E-state index contributed by atoms with van der Waals surface area (Å²) in [4.78, 5) is 10.2. The predicted molar refractivity (Wildman–Crippen MR) is 28.0 cm³/mol. The molecule has 4 heteroatoms. The molecule has 4 nitrogen and oxygen atoms in total. The summed E-state index contributed by atoms with van der Waals surface area (Å²) >= 11 is 0. The van der Waals surface area contributed by atoms with Gasteiger partial charge in [-0.3, -0.25) is 10.0 Å². The Bertz CT molecular complexity index is 92.0. The summed E-state index contributed by atoms with van der Waals surface area (Å²) < 4.78 is 0. The first-order chi connectivity index (χ1) is 3.55. The van der Waals surface area contributed by atoms with Gasteiger partial charge < -0.3 is 0 Å². The van der Waals surface area contributed by atoms with Crippen LogP contribution in [-0.2, 0) is 4.79 Å². The molecule has 0 heterocycles. The van der Waals surface area contributed by atoms with Gasteiger partial charge in [-0.2, -0.15) is 5.01 Å². The summed E-state index contributed by atoms with van der Waals surface area (Å²) in [7, 11) is 3.14. The lowest BCUT2D eigenvalue weighted by Gasteiger charge is -2.18. The average molecular weight is 118 g/mol. The molecule has 0 fully saturated rings. The number of rotatable bonds is 1. The average Bonchev–Trinajstić information content (AvgIpc) is 1.64. The van der Waals surface area contributed by atoms with E-state index in [1.807, 2.05) is 0 Å². The Morgan fingerprint density at radius 3 is 1.88 bits per heavy atom. The number of carbonyl (C=O) groups excluding carboxylic acids is 1. The molecule has 1 N–H and O–H groups in total. The lowest BCUT2D eigenvalue weighted by molar-refractivity contribution is -0.221. The molecule has 0 aliphatic rings. The van der Waals surface area contributed by atoms with Crippen molar-refractivity contribution in [2.75, 3.05) is 14.1 Å². The van der Waals surface area contributed by atoms with Crippen LogP contribution >= 0.6 is 0 Å². The largest absolute Gasteiger partial charge is 0.271 e. The van der Waals surface area contributed by atoms with Gasteiger partial charge in [-0.15, -0.1) is 5.17 Å². The van der Waals surface area contributed by atoms with E-state index in [4.69, 9.17) is 5.21 Å². The van der Waals surface area contributed by atoms with Crippen LogP contribution in [0, 0.1) is 0 Å². The monoisotopic (exact) mass is 118 g/mol. The molecule has 0 rings (SSSR count). The molecule has 0 bridgehead atoms. The smallest absolute Gasteiger partial charge is 0.258 e. The van der Waals surface area contributed by atoms with Crippen LogP contribution in [0.5, 0.6) is 0 Å². The zero-order valence-corrected chi connectivity index (χ0v) is 5.25. The van der Waals surface area contributed by atoms with Gasteiger partial charge in [0.15, 0.2) is 0 Å². The van der Waals surface area contributed by atoms with Crippen molar-refractivity contribution in [1.82, 2.24) is 10.2 Å². The minimum atomic E-state index is -0.394. The lowest BCUT2D eigenvalue weighted by Crippen LogP contribution is -2.37. The maximum Gasteiger partial charge on any atom is 0.258 e. The van der Waals surface area contributed by atoms with E-state index in [1.54, 1.807) is 14.1 Å². The number of carbonyl (C=O) groups is 1. The molecule has 0 spiro atoms. The van der Waals surface area contributed by atoms with Gasteiger partial charge in [0.2, 0.25) is 0 Å². The normalized spacial score (nSPS) is 9.62. The van der Waals surface area contributed by atoms with E-state index in [0.717, 1.165) is 0 Å². The molecule has 0 aromatic heterocycles. The van der Waals surface area contributed by atoms with Gasteiger partial charge in [0.05, 0.1) is 0 Å². The minimum Gasteiger partial charge on any atom is -0.271 e. The molecule has 1 amide bonds. The molecular formula is C4H10N2O2. The number of hydrogen-bond donors (Lipinski definition) is 1. The number of hydrazine groups is 1. The van der Waals surface area contributed by atoms with Crippen LogP contribution in [-0.4, -0.2) is 35.4 Å². The van der Waals surface area contributed by atoms with Crippen molar-refractivity contribution < 1.29 is 10.0 Å². The summed E-state index contributed by atoms with van der Waals surface area (Å²) in [5.41, 5.74) is 0. The summed E-state index contributed by atoms with van der Waals surface area (Å²) in [5, 5.41) is 10.4. The standard InChI is InChI=1S/C4H10N2O2/c1-4(7)6(8)5(2)3/h8H,1-3H3. The van der Waals surface area contributed by atoms with Crippen molar-refractivity contribution in [3.8, 4) is 0 Å². The Labute approximate surface area is 48.2 Å². The summed E-state index contributed by atoms with van der Waals surface area (Å²) in [5.74, 6) is -0.394. The molecule has 0 aliphatic heterocycles. The maximum atomic E-state index is 10.2. The second-order valence-electron chi connectivity index (χ2n) is 1.66. The second kappa shape index (κ2) is 2.64. The van der Waals surface area contributed by atoms with Crippen LogP contribution < -0.4 is 0 Å². The molecule has 0 saturated carbocycles. The topological polar surface area (TPSA) is 43.8 Å². The van der Waals surface area contributed by atoms with Crippen molar-refractivity contribution in [3.63, 3.8) is 0 Å². The van der Waals surface area contributed by atoms with E-state index < -0.39 is 5.91 Å². The Morgan fingerprint density at radius 2 is 1.88 bits per heavy atom. The fourth-order valence-corrected chi connectivity index (χ4v) is 0.282. The first kappa shape index (κ1) is 7.39. The van der Waals surface area contributed by atoms with Gasteiger partial charge >= 0.3 is 0 Å². The van der Waals surface area contributed by atoms with Gasteiger partial charge in [-0.25, -0.2) is 0 Å². The van der Waals surface area contributed by atoms with Crippen molar-refractivity contribution >= 4 is 5.91 Å². The van der Waals surface area contributed by atoms with Crippen molar-refractivity contribution in [3.05, 3.63) is 0 Å². The van der Waals surface area contributed by atoms with E-state index >= 15 is 0 Å². The Balaban J connectivity index is 3.64. The van der Waals surface area contributed by atoms with Crippen LogP contribution in [0.2, 0.25) is 0 Å². The highest BCUT2D eigenvalue weighted by molar-refractivity contribution is 5.71. The van der Waals surface area contributed by atoms with Gasteiger partial charge in [0.25, 0.3) is 5.91 Å². The van der Waals surface area contributed by atoms with Gasteiger partial charge in [-0.05, 0) is 0 Å².